The van der Waals surface area contributed by atoms with Crippen LogP contribution in [0.2, 0.25) is 0 Å². The summed E-state index contributed by atoms with van der Waals surface area (Å²) in [5.74, 6) is -0.852. The molecule has 3 heterocycles. The number of hydrogen-bond donors (Lipinski definition) is 2. The Morgan fingerprint density at radius 3 is 2.69 bits per heavy atom. The first-order chi connectivity index (χ1) is 12.5. The van der Waals surface area contributed by atoms with Gasteiger partial charge in [0.1, 0.15) is 0 Å². The standard InChI is InChI=1S/C18H11N3O3S2/c19-16(22)14-4-3-13(25-14)10-5-6-20-12-2-1-9(7-11(10)12)8-15-17(23)21-18(24)26-15/h1-8H,(H2,19,22)(H,21,23,24)/b15-8+. The lowest BCUT2D eigenvalue weighted by Gasteiger charge is -2.05. The SMILES string of the molecule is NC(=O)c1ccc(-c2ccnc3ccc(/C=C4/SC(=O)NC4=O)cc23)s1. The van der Waals surface area contributed by atoms with Crippen molar-refractivity contribution in [3.8, 4) is 10.4 Å². The molecule has 2 aromatic heterocycles. The second-order valence-corrected chi connectivity index (χ2v) is 7.61. The van der Waals surface area contributed by atoms with Crippen LogP contribution in [0.4, 0.5) is 4.79 Å². The molecule has 8 heteroatoms. The summed E-state index contributed by atoms with van der Waals surface area (Å²) >= 11 is 2.20. The number of amides is 3. The van der Waals surface area contributed by atoms with E-state index < -0.39 is 11.8 Å². The first-order valence-corrected chi connectivity index (χ1v) is 9.18. The molecular weight excluding hydrogens is 370 g/mol. The van der Waals surface area contributed by atoms with E-state index in [-0.39, 0.29) is 5.24 Å². The molecule has 4 rings (SSSR count). The number of thiophene rings is 1. The van der Waals surface area contributed by atoms with E-state index in [1.807, 2.05) is 30.3 Å². The number of pyridine rings is 1. The third kappa shape index (κ3) is 3.00. The summed E-state index contributed by atoms with van der Waals surface area (Å²) in [5, 5.41) is 2.75. The highest BCUT2D eigenvalue weighted by atomic mass is 32.2. The van der Waals surface area contributed by atoms with Gasteiger partial charge in [0.15, 0.2) is 0 Å². The molecule has 0 saturated carbocycles. The summed E-state index contributed by atoms with van der Waals surface area (Å²) in [6.07, 6.45) is 3.38. The average Bonchev–Trinajstić information content (AvgIpc) is 3.21. The van der Waals surface area contributed by atoms with E-state index in [4.69, 9.17) is 5.73 Å². The summed E-state index contributed by atoms with van der Waals surface area (Å²) in [7, 11) is 0. The number of carbonyl (C=O) groups excluding carboxylic acids is 3. The van der Waals surface area contributed by atoms with Gasteiger partial charge in [-0.3, -0.25) is 24.7 Å². The minimum absolute atomic E-state index is 0.354. The van der Waals surface area contributed by atoms with E-state index in [1.54, 1.807) is 18.3 Å². The number of aromatic nitrogens is 1. The largest absolute Gasteiger partial charge is 0.365 e. The third-order valence-corrected chi connectivity index (χ3v) is 5.76. The number of benzene rings is 1. The molecule has 1 fully saturated rings. The minimum atomic E-state index is -0.459. The first kappa shape index (κ1) is 16.5. The normalized spacial score (nSPS) is 15.6. The van der Waals surface area contributed by atoms with E-state index in [0.29, 0.717) is 9.78 Å². The number of hydrogen-bond acceptors (Lipinski definition) is 6. The molecule has 3 aromatic rings. The van der Waals surface area contributed by atoms with E-state index in [1.165, 1.54) is 11.3 Å². The summed E-state index contributed by atoms with van der Waals surface area (Å²) in [6.45, 7) is 0. The number of nitrogens with one attached hydrogen (secondary N) is 1. The van der Waals surface area contributed by atoms with Crippen molar-refractivity contribution in [2.75, 3.05) is 0 Å². The van der Waals surface area contributed by atoms with E-state index in [9.17, 15) is 14.4 Å². The Labute approximate surface area is 156 Å². The van der Waals surface area contributed by atoms with Crippen molar-refractivity contribution < 1.29 is 14.4 Å². The minimum Gasteiger partial charge on any atom is -0.365 e. The molecule has 6 nitrogen and oxygen atoms in total. The number of carbonyl (C=O) groups is 3. The Kier molecular flexibility index (Phi) is 4.06. The van der Waals surface area contributed by atoms with Gasteiger partial charge >= 0.3 is 0 Å². The van der Waals surface area contributed by atoms with Crippen LogP contribution in [0.25, 0.3) is 27.4 Å². The van der Waals surface area contributed by atoms with Gasteiger partial charge in [-0.15, -0.1) is 11.3 Å². The molecule has 0 atom stereocenters. The fourth-order valence-electron chi connectivity index (χ4n) is 2.66. The molecule has 0 bridgehead atoms. The molecule has 0 spiro atoms. The first-order valence-electron chi connectivity index (χ1n) is 7.55. The van der Waals surface area contributed by atoms with Gasteiger partial charge in [0.05, 0.1) is 15.3 Å². The molecule has 1 aromatic carbocycles. The van der Waals surface area contributed by atoms with E-state index >= 15 is 0 Å². The highest BCUT2D eigenvalue weighted by Gasteiger charge is 2.25. The van der Waals surface area contributed by atoms with Gasteiger partial charge in [0, 0.05) is 22.0 Å². The van der Waals surface area contributed by atoms with Gasteiger partial charge in [-0.25, -0.2) is 0 Å². The molecule has 3 N–H and O–H groups in total. The number of fused-ring (bicyclic) bond motifs is 1. The smallest absolute Gasteiger partial charge is 0.290 e. The van der Waals surface area contributed by atoms with Gasteiger partial charge in [0.2, 0.25) is 0 Å². The topological polar surface area (TPSA) is 102 Å². The monoisotopic (exact) mass is 381 g/mol. The molecule has 3 amide bonds. The fraction of sp³-hybridized carbons (Fsp3) is 0. The molecule has 1 saturated heterocycles. The fourth-order valence-corrected chi connectivity index (χ4v) is 4.24. The summed E-state index contributed by atoms with van der Waals surface area (Å²) in [5.41, 5.74) is 7.84. The molecular formula is C18H11N3O3S2. The molecule has 0 radical (unpaired) electrons. The quantitative estimate of drug-likeness (QED) is 0.677. The van der Waals surface area contributed by atoms with Crippen molar-refractivity contribution in [3.05, 3.63) is 57.9 Å². The second kappa shape index (κ2) is 6.40. The van der Waals surface area contributed by atoms with Gasteiger partial charge in [-0.2, -0.15) is 0 Å². The molecule has 0 unspecified atom stereocenters. The highest BCUT2D eigenvalue weighted by molar-refractivity contribution is 8.18. The van der Waals surface area contributed by atoms with E-state index in [0.717, 1.165) is 38.7 Å². The van der Waals surface area contributed by atoms with Crippen molar-refractivity contribution in [1.82, 2.24) is 10.3 Å². The van der Waals surface area contributed by atoms with Crippen LogP contribution in [0.1, 0.15) is 15.2 Å². The predicted molar refractivity (Wildman–Crippen MR) is 103 cm³/mol. The summed E-state index contributed by atoms with van der Waals surface area (Å²) in [4.78, 5) is 40.5. The third-order valence-electron chi connectivity index (χ3n) is 3.82. The van der Waals surface area contributed by atoms with Gasteiger partial charge in [-0.05, 0) is 53.7 Å². The second-order valence-electron chi connectivity index (χ2n) is 5.52. The molecule has 128 valence electrons. The van der Waals surface area contributed by atoms with Crippen LogP contribution in [0.15, 0.2) is 47.5 Å². The van der Waals surface area contributed by atoms with Crippen molar-refractivity contribution in [3.63, 3.8) is 0 Å². The maximum Gasteiger partial charge on any atom is 0.290 e. The zero-order valence-corrected chi connectivity index (χ0v) is 14.8. The molecule has 1 aliphatic rings. The number of nitrogens with two attached hydrogens (primary N) is 1. The Balaban J connectivity index is 1.82. The number of thioether (sulfide) groups is 1. The lowest BCUT2D eigenvalue weighted by atomic mass is 10.0. The maximum atomic E-state index is 11.7. The number of primary amides is 1. The van der Waals surface area contributed by atoms with E-state index in [2.05, 4.69) is 10.3 Å². The average molecular weight is 381 g/mol. The zero-order valence-electron chi connectivity index (χ0n) is 13.2. The van der Waals surface area contributed by atoms with Gasteiger partial charge in [0.25, 0.3) is 17.1 Å². The summed E-state index contributed by atoms with van der Waals surface area (Å²) in [6, 6.07) is 11.0. The maximum absolute atomic E-state index is 11.7. The zero-order chi connectivity index (χ0) is 18.3. The molecule has 1 aliphatic heterocycles. The predicted octanol–water partition coefficient (Wildman–Crippen LogP) is 3.39. The lowest BCUT2D eigenvalue weighted by molar-refractivity contribution is -0.115. The van der Waals surface area contributed by atoms with Crippen LogP contribution in [0, 0.1) is 0 Å². The van der Waals surface area contributed by atoms with Crippen LogP contribution < -0.4 is 11.1 Å². The Hall–Kier alpha value is -2.97. The van der Waals surface area contributed by atoms with Crippen molar-refractivity contribution in [1.29, 1.82) is 0 Å². The molecule has 0 aliphatic carbocycles. The lowest BCUT2D eigenvalue weighted by Crippen LogP contribution is -2.17. The van der Waals surface area contributed by atoms with Crippen molar-refractivity contribution >= 4 is 57.1 Å². The highest BCUT2D eigenvalue weighted by Crippen LogP contribution is 2.34. The van der Waals surface area contributed by atoms with Crippen LogP contribution in [0.3, 0.4) is 0 Å². The van der Waals surface area contributed by atoms with Crippen LogP contribution in [0.5, 0.6) is 0 Å². The van der Waals surface area contributed by atoms with Crippen LogP contribution in [-0.4, -0.2) is 22.0 Å². The molecule has 26 heavy (non-hydrogen) atoms. The van der Waals surface area contributed by atoms with Crippen molar-refractivity contribution in [2.24, 2.45) is 5.73 Å². The number of imide groups is 1. The van der Waals surface area contributed by atoms with Crippen LogP contribution in [-0.2, 0) is 4.79 Å². The number of rotatable bonds is 3. The van der Waals surface area contributed by atoms with Crippen LogP contribution >= 0.6 is 23.1 Å². The van der Waals surface area contributed by atoms with Gasteiger partial charge in [-0.1, -0.05) is 6.07 Å². The van der Waals surface area contributed by atoms with Gasteiger partial charge < -0.3 is 5.73 Å². The Morgan fingerprint density at radius 1 is 1.15 bits per heavy atom. The Bertz CT molecular complexity index is 1120. The Morgan fingerprint density at radius 2 is 2.00 bits per heavy atom. The number of nitrogens with zero attached hydrogens (tertiary/aromatic N) is 1. The summed E-state index contributed by atoms with van der Waals surface area (Å²) < 4.78 is 0. The van der Waals surface area contributed by atoms with Crippen molar-refractivity contribution in [2.45, 2.75) is 0 Å².